The molecule has 3 nitrogen and oxygen atoms in total. The van der Waals surface area contributed by atoms with Crippen LogP contribution in [0.15, 0.2) is 11.1 Å². The lowest BCUT2D eigenvalue weighted by Gasteiger charge is -2.25. The number of piperidine rings is 1. The highest BCUT2D eigenvalue weighted by Crippen LogP contribution is 2.18. The Labute approximate surface area is 85.7 Å². The molecular formula is C11H19NO2. The Morgan fingerprint density at radius 1 is 1.57 bits per heavy atom. The maximum absolute atomic E-state index is 11.5. The van der Waals surface area contributed by atoms with Gasteiger partial charge in [-0.25, -0.2) is 4.79 Å². The average molecular weight is 197 g/mol. The van der Waals surface area contributed by atoms with Gasteiger partial charge in [0.15, 0.2) is 0 Å². The van der Waals surface area contributed by atoms with E-state index >= 15 is 0 Å². The molecule has 0 amide bonds. The fourth-order valence-corrected chi connectivity index (χ4v) is 1.74. The third-order valence-electron chi connectivity index (χ3n) is 2.59. The second kappa shape index (κ2) is 5.15. The highest BCUT2D eigenvalue weighted by atomic mass is 16.5. The molecule has 0 N–H and O–H groups in total. The van der Waals surface area contributed by atoms with Crippen molar-refractivity contribution in [1.29, 1.82) is 0 Å². The quantitative estimate of drug-likeness (QED) is 0.497. The second-order valence-electron chi connectivity index (χ2n) is 3.79. The van der Waals surface area contributed by atoms with Crippen LogP contribution in [0.3, 0.4) is 0 Å². The summed E-state index contributed by atoms with van der Waals surface area (Å²) in [6, 6.07) is 0. The molecule has 1 rings (SSSR count). The molecule has 0 aromatic rings. The van der Waals surface area contributed by atoms with Crippen molar-refractivity contribution in [3.8, 4) is 0 Å². The number of hydrogen-bond acceptors (Lipinski definition) is 3. The fourth-order valence-electron chi connectivity index (χ4n) is 1.74. The highest BCUT2D eigenvalue weighted by molar-refractivity contribution is 5.88. The number of ether oxygens (including phenoxy) is 1. The summed E-state index contributed by atoms with van der Waals surface area (Å²) < 4.78 is 4.98. The summed E-state index contributed by atoms with van der Waals surface area (Å²) in [5, 5.41) is 0. The molecule has 1 aliphatic heterocycles. The molecule has 0 aliphatic carbocycles. The van der Waals surface area contributed by atoms with Gasteiger partial charge in [-0.15, -0.1) is 0 Å². The monoisotopic (exact) mass is 197 g/mol. The topological polar surface area (TPSA) is 29.5 Å². The van der Waals surface area contributed by atoms with Crippen LogP contribution in [0.4, 0.5) is 0 Å². The van der Waals surface area contributed by atoms with Crippen LogP contribution in [0.1, 0.15) is 26.7 Å². The zero-order chi connectivity index (χ0) is 10.6. The van der Waals surface area contributed by atoms with Crippen LogP contribution in [-0.2, 0) is 9.53 Å². The van der Waals surface area contributed by atoms with Crippen molar-refractivity contribution in [1.82, 2.24) is 4.90 Å². The number of carbonyl (C=O) groups is 1. The Kier molecular flexibility index (Phi) is 4.14. The lowest BCUT2D eigenvalue weighted by molar-refractivity contribution is -0.138. The van der Waals surface area contributed by atoms with Crippen molar-refractivity contribution >= 4 is 5.97 Å². The molecule has 14 heavy (non-hydrogen) atoms. The van der Waals surface area contributed by atoms with E-state index in [1.54, 1.807) is 0 Å². The van der Waals surface area contributed by atoms with E-state index in [0.717, 1.165) is 31.5 Å². The molecule has 80 valence electrons. The molecule has 0 saturated carbocycles. The van der Waals surface area contributed by atoms with E-state index in [9.17, 15) is 4.79 Å². The summed E-state index contributed by atoms with van der Waals surface area (Å²) in [6.07, 6.45) is 2.18. The number of likely N-dealkylation sites (N-methyl/N-ethyl adjacent to an activating group) is 1. The largest absolute Gasteiger partial charge is 0.463 e. The van der Waals surface area contributed by atoms with Crippen LogP contribution in [-0.4, -0.2) is 37.6 Å². The first-order valence-electron chi connectivity index (χ1n) is 5.19. The van der Waals surface area contributed by atoms with E-state index in [-0.39, 0.29) is 5.97 Å². The smallest absolute Gasteiger partial charge is 0.333 e. The van der Waals surface area contributed by atoms with Gasteiger partial charge in [0.2, 0.25) is 0 Å². The number of likely N-dealkylation sites (tertiary alicyclic amines) is 1. The molecule has 0 bridgehead atoms. The Morgan fingerprint density at radius 3 is 2.86 bits per heavy atom. The summed E-state index contributed by atoms with van der Waals surface area (Å²) >= 11 is 0. The SMILES string of the molecule is CCOC(=O)/C(C)=C1/CCCN(C)C1. The molecule has 0 spiro atoms. The van der Waals surface area contributed by atoms with Crippen LogP contribution in [0.25, 0.3) is 0 Å². The number of esters is 1. The first-order chi connectivity index (χ1) is 6.65. The molecule has 0 aromatic heterocycles. The lowest BCUT2D eigenvalue weighted by Crippen LogP contribution is -2.28. The fraction of sp³-hybridized carbons (Fsp3) is 0.727. The summed E-state index contributed by atoms with van der Waals surface area (Å²) in [5.41, 5.74) is 2.04. The van der Waals surface area contributed by atoms with E-state index in [4.69, 9.17) is 4.74 Å². The van der Waals surface area contributed by atoms with Gasteiger partial charge >= 0.3 is 5.97 Å². The molecule has 3 heteroatoms. The van der Waals surface area contributed by atoms with Gasteiger partial charge in [-0.2, -0.15) is 0 Å². The third-order valence-corrected chi connectivity index (χ3v) is 2.59. The molecule has 0 atom stereocenters. The minimum absolute atomic E-state index is 0.155. The first-order valence-corrected chi connectivity index (χ1v) is 5.19. The normalized spacial score (nSPS) is 21.9. The van der Waals surface area contributed by atoms with E-state index < -0.39 is 0 Å². The van der Waals surface area contributed by atoms with Crippen LogP contribution < -0.4 is 0 Å². The molecule has 0 unspecified atom stereocenters. The van der Waals surface area contributed by atoms with Crippen molar-refractivity contribution in [3.05, 3.63) is 11.1 Å². The molecule has 1 saturated heterocycles. The predicted octanol–water partition coefficient (Wildman–Crippen LogP) is 1.59. The van der Waals surface area contributed by atoms with Crippen LogP contribution >= 0.6 is 0 Å². The summed E-state index contributed by atoms with van der Waals surface area (Å²) in [5.74, 6) is -0.155. The minimum atomic E-state index is -0.155. The number of nitrogens with zero attached hydrogens (tertiary/aromatic N) is 1. The van der Waals surface area contributed by atoms with Gasteiger partial charge in [-0.05, 0) is 45.9 Å². The molecule has 1 heterocycles. The van der Waals surface area contributed by atoms with Gasteiger partial charge in [0, 0.05) is 12.1 Å². The predicted molar refractivity (Wildman–Crippen MR) is 56.1 cm³/mol. The summed E-state index contributed by atoms with van der Waals surface area (Å²) in [6.45, 7) is 6.19. The first kappa shape index (κ1) is 11.2. The Bertz CT molecular complexity index is 246. The van der Waals surface area contributed by atoms with Crippen molar-refractivity contribution in [2.24, 2.45) is 0 Å². The second-order valence-corrected chi connectivity index (χ2v) is 3.79. The standard InChI is InChI=1S/C11H19NO2/c1-4-14-11(13)9(2)10-6-5-7-12(3)8-10/h4-8H2,1-3H3/b10-9-. The summed E-state index contributed by atoms with van der Waals surface area (Å²) in [7, 11) is 2.08. The molecule has 1 aliphatic rings. The van der Waals surface area contributed by atoms with Gasteiger partial charge in [0.1, 0.15) is 0 Å². The maximum atomic E-state index is 11.5. The number of rotatable bonds is 2. The minimum Gasteiger partial charge on any atom is -0.463 e. The Morgan fingerprint density at radius 2 is 2.29 bits per heavy atom. The summed E-state index contributed by atoms with van der Waals surface area (Å²) in [4.78, 5) is 13.7. The van der Waals surface area contributed by atoms with Crippen molar-refractivity contribution in [3.63, 3.8) is 0 Å². The van der Waals surface area contributed by atoms with E-state index in [1.165, 1.54) is 5.57 Å². The molecule has 0 radical (unpaired) electrons. The zero-order valence-corrected chi connectivity index (χ0v) is 9.30. The van der Waals surface area contributed by atoms with Crippen molar-refractivity contribution in [2.45, 2.75) is 26.7 Å². The van der Waals surface area contributed by atoms with E-state index in [2.05, 4.69) is 11.9 Å². The van der Waals surface area contributed by atoms with Crippen LogP contribution in [0.2, 0.25) is 0 Å². The maximum Gasteiger partial charge on any atom is 0.333 e. The van der Waals surface area contributed by atoms with E-state index in [1.807, 2.05) is 13.8 Å². The highest BCUT2D eigenvalue weighted by Gasteiger charge is 2.16. The van der Waals surface area contributed by atoms with Gasteiger partial charge in [0.05, 0.1) is 6.61 Å². The van der Waals surface area contributed by atoms with Gasteiger partial charge < -0.3 is 9.64 Å². The van der Waals surface area contributed by atoms with Crippen LogP contribution in [0.5, 0.6) is 0 Å². The Hall–Kier alpha value is -0.830. The third kappa shape index (κ3) is 2.84. The van der Waals surface area contributed by atoms with E-state index in [0.29, 0.717) is 6.61 Å². The van der Waals surface area contributed by atoms with Gasteiger partial charge in [0.25, 0.3) is 0 Å². The average Bonchev–Trinajstić information content (AvgIpc) is 2.17. The lowest BCUT2D eigenvalue weighted by atomic mass is 10.0. The number of hydrogen-bond donors (Lipinski definition) is 0. The zero-order valence-electron chi connectivity index (χ0n) is 9.30. The van der Waals surface area contributed by atoms with Crippen molar-refractivity contribution in [2.75, 3.05) is 26.7 Å². The van der Waals surface area contributed by atoms with Gasteiger partial charge in [-0.3, -0.25) is 0 Å². The molecule has 1 fully saturated rings. The molecule has 0 aromatic carbocycles. The number of carbonyl (C=O) groups excluding carboxylic acids is 1. The van der Waals surface area contributed by atoms with Crippen molar-refractivity contribution < 1.29 is 9.53 Å². The Balaban J connectivity index is 2.66. The molecular weight excluding hydrogens is 178 g/mol. The van der Waals surface area contributed by atoms with Gasteiger partial charge in [-0.1, -0.05) is 0 Å². The van der Waals surface area contributed by atoms with Crippen LogP contribution in [0, 0.1) is 0 Å².